The summed E-state index contributed by atoms with van der Waals surface area (Å²) >= 11 is 0. The number of carbonyl (C=O) groups is 2. The summed E-state index contributed by atoms with van der Waals surface area (Å²) in [6, 6.07) is 0. The fourth-order valence-corrected chi connectivity index (χ4v) is 0. The quantitative estimate of drug-likeness (QED) is 0.344. The smallest absolute Gasteiger partial charge is 0.550 e. The third kappa shape index (κ3) is 4010. The minimum absolute atomic E-state index is 0. The largest absolute Gasteiger partial charge is 2.00 e. The van der Waals surface area contributed by atoms with E-state index in [-0.39, 0.29) is 34.0 Å². The fourth-order valence-electron chi connectivity index (χ4n) is 0. The van der Waals surface area contributed by atoms with Gasteiger partial charge in [0.1, 0.15) is 0 Å². The number of carboxylic acids is 2. The average molecular weight is 178 g/mol. The minimum Gasteiger partial charge on any atom is -0.550 e. The Labute approximate surface area is 80.0 Å². The molecule has 0 atom stereocenters. The van der Waals surface area contributed by atoms with Gasteiger partial charge in [0, 0.05) is 11.9 Å². The van der Waals surface area contributed by atoms with E-state index in [1.54, 1.807) is 0 Å². The van der Waals surface area contributed by atoms with Gasteiger partial charge in [0.2, 0.25) is 0 Å². The summed E-state index contributed by atoms with van der Waals surface area (Å²) in [6.45, 7) is 1.94. The predicted octanol–water partition coefficient (Wildman–Crippen LogP) is -4.52. The number of carboxylic acid groups (broad SMARTS) is 2. The molecule has 6 nitrogen and oxygen atoms in total. The molecule has 0 aromatic rings. The summed E-state index contributed by atoms with van der Waals surface area (Å²) in [5.74, 6) is -2.17. The van der Waals surface area contributed by atoms with Gasteiger partial charge in [-0.2, -0.15) is 0 Å². The number of aliphatic carboxylic acids is 2. The Kier molecular flexibility index (Phi) is 64.0. The van der Waals surface area contributed by atoms with Crippen molar-refractivity contribution < 1.29 is 30.8 Å². The van der Waals surface area contributed by atoms with Crippen LogP contribution in [0.5, 0.6) is 0 Å². The average Bonchev–Trinajstić information content (AvgIpc) is 1.25. The molecule has 0 radical (unpaired) electrons. The van der Waals surface area contributed by atoms with Crippen LogP contribution < -0.4 is 10.2 Å². The Bertz CT molecular complexity index is 72.6. The zero-order valence-corrected chi connectivity index (χ0v) is 7.75. The van der Waals surface area contributed by atoms with Crippen molar-refractivity contribution in [3.8, 4) is 0 Å². The Morgan fingerprint density at radius 2 is 0.909 bits per heavy atom. The van der Waals surface area contributed by atoms with E-state index in [0.717, 1.165) is 13.8 Å². The third-order valence-electron chi connectivity index (χ3n) is 0. The van der Waals surface area contributed by atoms with Gasteiger partial charge >= 0.3 is 23.1 Å². The molecule has 0 amide bonds. The molecule has 0 bridgehead atoms. The van der Waals surface area contributed by atoms with Gasteiger partial charge in [-0.15, -0.1) is 0 Å². The van der Waals surface area contributed by atoms with Crippen molar-refractivity contribution in [3.05, 3.63) is 0 Å². The Morgan fingerprint density at radius 3 is 0.909 bits per heavy atom. The SMILES string of the molecule is CC(=O)[O-].CC(=O)[O-].O.O.[Mg+2]. The van der Waals surface area contributed by atoms with Crippen LogP contribution in [0.3, 0.4) is 0 Å². The molecule has 7 heteroatoms. The number of carbonyl (C=O) groups excluding carboxylic acids is 2. The van der Waals surface area contributed by atoms with Crippen molar-refractivity contribution >= 4 is 35.0 Å². The molecule has 4 N–H and O–H groups in total. The van der Waals surface area contributed by atoms with E-state index in [0.29, 0.717) is 0 Å². The van der Waals surface area contributed by atoms with Crippen LogP contribution in [-0.4, -0.2) is 45.9 Å². The van der Waals surface area contributed by atoms with Crippen LogP contribution in [0, 0.1) is 0 Å². The van der Waals surface area contributed by atoms with Crippen LogP contribution in [0.25, 0.3) is 0 Å². The molecule has 0 aliphatic rings. The van der Waals surface area contributed by atoms with Gasteiger partial charge in [0.25, 0.3) is 0 Å². The zero-order chi connectivity index (χ0) is 7.15. The predicted molar refractivity (Wildman–Crippen MR) is 34.3 cm³/mol. The maximum Gasteiger partial charge on any atom is 2.00 e. The van der Waals surface area contributed by atoms with Crippen molar-refractivity contribution in [2.24, 2.45) is 0 Å². The van der Waals surface area contributed by atoms with Crippen molar-refractivity contribution in [2.75, 3.05) is 0 Å². The van der Waals surface area contributed by atoms with Gasteiger partial charge < -0.3 is 30.8 Å². The van der Waals surface area contributed by atoms with Crippen LogP contribution in [0.2, 0.25) is 0 Å². The summed E-state index contributed by atoms with van der Waals surface area (Å²) in [7, 11) is 0. The number of hydrogen-bond donors (Lipinski definition) is 0. The van der Waals surface area contributed by atoms with Crippen LogP contribution in [0.15, 0.2) is 0 Å². The van der Waals surface area contributed by atoms with Crippen molar-refractivity contribution in [1.29, 1.82) is 0 Å². The second kappa shape index (κ2) is 22.6. The van der Waals surface area contributed by atoms with E-state index in [1.807, 2.05) is 0 Å². The molecule has 0 saturated carbocycles. The van der Waals surface area contributed by atoms with Crippen LogP contribution in [0.4, 0.5) is 0 Å². The summed E-state index contributed by atoms with van der Waals surface area (Å²) in [5, 5.41) is 17.8. The maximum absolute atomic E-state index is 8.89. The molecule has 0 aromatic heterocycles. The number of hydrogen-bond acceptors (Lipinski definition) is 4. The molecule has 0 aliphatic heterocycles. The van der Waals surface area contributed by atoms with E-state index < -0.39 is 11.9 Å². The Morgan fingerprint density at radius 1 is 0.909 bits per heavy atom. The van der Waals surface area contributed by atoms with E-state index in [2.05, 4.69) is 0 Å². The van der Waals surface area contributed by atoms with E-state index in [9.17, 15) is 0 Å². The second-order valence-electron chi connectivity index (χ2n) is 0.983. The molecule has 0 rings (SSSR count). The second-order valence-corrected chi connectivity index (χ2v) is 0.983. The van der Waals surface area contributed by atoms with Crippen molar-refractivity contribution in [3.63, 3.8) is 0 Å². The molecular weight excluding hydrogens is 168 g/mol. The first-order chi connectivity index (χ1) is 3.46. The molecule has 0 heterocycles. The van der Waals surface area contributed by atoms with Gasteiger partial charge in [0.15, 0.2) is 0 Å². The summed E-state index contributed by atoms with van der Waals surface area (Å²) in [4.78, 5) is 17.8. The molecular formula is C4H10MgO6. The summed E-state index contributed by atoms with van der Waals surface area (Å²) in [5.41, 5.74) is 0. The fraction of sp³-hybridized carbons (Fsp3) is 0.500. The van der Waals surface area contributed by atoms with Gasteiger partial charge in [0.05, 0.1) is 0 Å². The molecule has 64 valence electrons. The maximum atomic E-state index is 8.89. The molecule has 0 saturated heterocycles. The Hall–Kier alpha value is -0.374. The van der Waals surface area contributed by atoms with Crippen molar-refractivity contribution in [1.82, 2.24) is 0 Å². The van der Waals surface area contributed by atoms with Gasteiger partial charge in [-0.3, -0.25) is 0 Å². The van der Waals surface area contributed by atoms with Gasteiger partial charge in [-0.25, -0.2) is 0 Å². The summed E-state index contributed by atoms with van der Waals surface area (Å²) in [6.07, 6.45) is 0. The standard InChI is InChI=1S/2C2H4O2.Mg.2H2O/c2*1-2(3)4;;;/h2*1H3,(H,3,4);;2*1H2/q;;+2;;/p-2. The first kappa shape index (κ1) is 31.1. The summed E-state index contributed by atoms with van der Waals surface area (Å²) < 4.78 is 0. The third-order valence-corrected chi connectivity index (χ3v) is 0. The molecule has 0 fully saturated rings. The number of rotatable bonds is 0. The molecule has 0 spiro atoms. The Balaban J connectivity index is -0.0000000171. The molecule has 0 unspecified atom stereocenters. The zero-order valence-electron chi connectivity index (χ0n) is 6.34. The van der Waals surface area contributed by atoms with Crippen molar-refractivity contribution in [2.45, 2.75) is 13.8 Å². The first-order valence-electron chi connectivity index (χ1n) is 1.82. The van der Waals surface area contributed by atoms with Gasteiger partial charge in [-0.1, -0.05) is 0 Å². The van der Waals surface area contributed by atoms with E-state index >= 15 is 0 Å². The molecule has 0 aromatic carbocycles. The van der Waals surface area contributed by atoms with E-state index in [1.165, 1.54) is 0 Å². The van der Waals surface area contributed by atoms with Crippen LogP contribution in [-0.2, 0) is 9.59 Å². The normalized spacial score (nSPS) is 4.55. The van der Waals surface area contributed by atoms with E-state index in [4.69, 9.17) is 19.8 Å². The monoisotopic (exact) mass is 178 g/mol. The first-order valence-corrected chi connectivity index (χ1v) is 1.82. The van der Waals surface area contributed by atoms with Gasteiger partial charge in [-0.05, 0) is 13.8 Å². The van der Waals surface area contributed by atoms with Crippen LogP contribution >= 0.6 is 0 Å². The molecule has 11 heavy (non-hydrogen) atoms. The topological polar surface area (TPSA) is 143 Å². The molecule has 0 aliphatic carbocycles. The minimum atomic E-state index is -1.08. The van der Waals surface area contributed by atoms with Crippen LogP contribution in [0.1, 0.15) is 13.8 Å².